The van der Waals surface area contributed by atoms with Gasteiger partial charge in [-0.25, -0.2) is 0 Å². The van der Waals surface area contributed by atoms with E-state index in [1.807, 2.05) is 42.5 Å². The normalized spacial score (nSPS) is 10.1. The van der Waals surface area contributed by atoms with Gasteiger partial charge < -0.3 is 20.1 Å². The summed E-state index contributed by atoms with van der Waals surface area (Å²) in [7, 11) is 1.52. The van der Waals surface area contributed by atoms with Crippen molar-refractivity contribution in [3.05, 3.63) is 83.9 Å². The van der Waals surface area contributed by atoms with Crippen molar-refractivity contribution in [3.63, 3.8) is 0 Å². The van der Waals surface area contributed by atoms with Gasteiger partial charge in [0.25, 0.3) is 5.91 Å². The van der Waals surface area contributed by atoms with E-state index in [1.54, 1.807) is 30.3 Å². The SMILES string of the molecule is COc1ccc(NC(C)=O)cc1NC(=O)c1ccc(COc2ccccc2)cc1. The zero-order valence-electron chi connectivity index (χ0n) is 16.3. The predicted molar refractivity (Wildman–Crippen MR) is 112 cm³/mol. The summed E-state index contributed by atoms with van der Waals surface area (Å²) in [5.41, 5.74) is 2.50. The predicted octanol–water partition coefficient (Wildman–Crippen LogP) is 4.48. The number of carbonyl (C=O) groups excluding carboxylic acids is 2. The van der Waals surface area contributed by atoms with Gasteiger partial charge >= 0.3 is 0 Å². The van der Waals surface area contributed by atoms with Crippen LogP contribution in [0, 0.1) is 0 Å². The number of hydrogen-bond acceptors (Lipinski definition) is 4. The highest BCUT2D eigenvalue weighted by atomic mass is 16.5. The summed E-state index contributed by atoms with van der Waals surface area (Å²) in [5.74, 6) is 0.820. The first-order valence-corrected chi connectivity index (χ1v) is 9.09. The highest BCUT2D eigenvalue weighted by Gasteiger charge is 2.11. The number of hydrogen-bond donors (Lipinski definition) is 2. The molecule has 0 heterocycles. The fourth-order valence-corrected chi connectivity index (χ4v) is 2.72. The van der Waals surface area contributed by atoms with Crippen molar-refractivity contribution in [2.24, 2.45) is 0 Å². The zero-order chi connectivity index (χ0) is 20.6. The Morgan fingerprint density at radius 3 is 2.28 bits per heavy atom. The summed E-state index contributed by atoms with van der Waals surface area (Å²) >= 11 is 0. The molecular weight excluding hydrogens is 368 g/mol. The molecule has 0 bridgehead atoms. The lowest BCUT2D eigenvalue weighted by Crippen LogP contribution is -2.13. The van der Waals surface area contributed by atoms with E-state index in [0.717, 1.165) is 11.3 Å². The van der Waals surface area contributed by atoms with E-state index >= 15 is 0 Å². The van der Waals surface area contributed by atoms with Crippen LogP contribution in [0.15, 0.2) is 72.8 Å². The van der Waals surface area contributed by atoms with Crippen LogP contribution in [0.2, 0.25) is 0 Å². The maximum atomic E-state index is 12.6. The molecule has 0 aliphatic rings. The summed E-state index contributed by atoms with van der Waals surface area (Å²) in [6.07, 6.45) is 0. The first kappa shape index (κ1) is 19.9. The lowest BCUT2D eigenvalue weighted by Gasteiger charge is -2.13. The minimum absolute atomic E-state index is 0.194. The Balaban J connectivity index is 1.66. The summed E-state index contributed by atoms with van der Waals surface area (Å²) in [6.45, 7) is 1.84. The van der Waals surface area contributed by atoms with E-state index in [0.29, 0.717) is 29.3 Å². The maximum absolute atomic E-state index is 12.6. The van der Waals surface area contributed by atoms with Crippen molar-refractivity contribution in [3.8, 4) is 11.5 Å². The summed E-state index contributed by atoms with van der Waals surface area (Å²) in [4.78, 5) is 23.9. The molecule has 0 saturated carbocycles. The molecule has 0 aliphatic carbocycles. The van der Waals surface area contributed by atoms with Gasteiger partial charge in [-0.3, -0.25) is 9.59 Å². The van der Waals surface area contributed by atoms with E-state index in [4.69, 9.17) is 9.47 Å². The van der Waals surface area contributed by atoms with Crippen LogP contribution in [0.3, 0.4) is 0 Å². The van der Waals surface area contributed by atoms with Crippen LogP contribution >= 0.6 is 0 Å². The number of anilines is 2. The fourth-order valence-electron chi connectivity index (χ4n) is 2.72. The highest BCUT2D eigenvalue weighted by molar-refractivity contribution is 6.05. The van der Waals surface area contributed by atoms with Crippen LogP contribution in [-0.4, -0.2) is 18.9 Å². The van der Waals surface area contributed by atoms with E-state index in [-0.39, 0.29) is 11.8 Å². The van der Waals surface area contributed by atoms with Crippen molar-refractivity contribution >= 4 is 23.2 Å². The van der Waals surface area contributed by atoms with Crippen LogP contribution in [-0.2, 0) is 11.4 Å². The molecule has 0 radical (unpaired) electrons. The molecule has 2 amide bonds. The molecule has 6 nitrogen and oxygen atoms in total. The number of para-hydroxylation sites is 1. The number of ether oxygens (including phenoxy) is 2. The number of carbonyl (C=O) groups is 2. The van der Waals surface area contributed by atoms with Gasteiger partial charge in [-0.2, -0.15) is 0 Å². The average Bonchev–Trinajstić information content (AvgIpc) is 2.73. The lowest BCUT2D eigenvalue weighted by atomic mass is 10.1. The van der Waals surface area contributed by atoms with Crippen molar-refractivity contribution < 1.29 is 19.1 Å². The monoisotopic (exact) mass is 390 g/mol. The smallest absolute Gasteiger partial charge is 0.255 e. The number of benzene rings is 3. The molecule has 3 aromatic carbocycles. The van der Waals surface area contributed by atoms with Crippen LogP contribution < -0.4 is 20.1 Å². The Morgan fingerprint density at radius 1 is 0.897 bits per heavy atom. The molecule has 0 unspecified atom stereocenters. The van der Waals surface area contributed by atoms with Crippen molar-refractivity contribution in [2.45, 2.75) is 13.5 Å². The van der Waals surface area contributed by atoms with E-state index in [9.17, 15) is 9.59 Å². The van der Waals surface area contributed by atoms with Gasteiger partial charge in [-0.05, 0) is 48.0 Å². The summed E-state index contributed by atoms with van der Waals surface area (Å²) in [5, 5.41) is 5.51. The average molecular weight is 390 g/mol. The molecule has 3 aromatic rings. The third-order valence-corrected chi connectivity index (χ3v) is 4.13. The number of methoxy groups -OCH3 is 1. The summed E-state index contributed by atoms with van der Waals surface area (Å²) in [6, 6.07) is 21.8. The maximum Gasteiger partial charge on any atom is 0.255 e. The second-order valence-electron chi connectivity index (χ2n) is 6.35. The Morgan fingerprint density at radius 2 is 1.62 bits per heavy atom. The van der Waals surface area contributed by atoms with Gasteiger partial charge in [0.15, 0.2) is 0 Å². The highest BCUT2D eigenvalue weighted by Crippen LogP contribution is 2.28. The summed E-state index contributed by atoms with van der Waals surface area (Å²) < 4.78 is 11.0. The lowest BCUT2D eigenvalue weighted by molar-refractivity contribution is -0.114. The fraction of sp³-hybridized carbons (Fsp3) is 0.130. The molecule has 2 N–H and O–H groups in total. The molecule has 0 atom stereocenters. The standard InChI is InChI=1S/C23H22N2O4/c1-16(26)24-19-12-13-22(28-2)21(14-19)25-23(27)18-10-8-17(9-11-18)15-29-20-6-4-3-5-7-20/h3-14H,15H2,1-2H3,(H,24,26)(H,25,27). The minimum atomic E-state index is -0.279. The number of rotatable bonds is 7. The second kappa shape index (κ2) is 9.41. The van der Waals surface area contributed by atoms with Crippen molar-refractivity contribution in [1.82, 2.24) is 0 Å². The van der Waals surface area contributed by atoms with E-state index in [1.165, 1.54) is 14.0 Å². The first-order valence-electron chi connectivity index (χ1n) is 9.09. The number of nitrogens with one attached hydrogen (secondary N) is 2. The Kier molecular flexibility index (Phi) is 6.47. The van der Waals surface area contributed by atoms with Gasteiger partial charge in [0.1, 0.15) is 18.1 Å². The second-order valence-corrected chi connectivity index (χ2v) is 6.35. The molecule has 0 fully saturated rings. The molecule has 0 aromatic heterocycles. The van der Waals surface area contributed by atoms with Gasteiger partial charge in [0, 0.05) is 18.2 Å². The van der Waals surface area contributed by atoms with Gasteiger partial charge in [0.05, 0.1) is 12.8 Å². The third-order valence-electron chi connectivity index (χ3n) is 4.13. The van der Waals surface area contributed by atoms with Crippen LogP contribution in [0.25, 0.3) is 0 Å². The largest absolute Gasteiger partial charge is 0.495 e. The van der Waals surface area contributed by atoms with E-state index in [2.05, 4.69) is 10.6 Å². The van der Waals surface area contributed by atoms with Crippen molar-refractivity contribution in [2.75, 3.05) is 17.7 Å². The zero-order valence-corrected chi connectivity index (χ0v) is 16.3. The quantitative estimate of drug-likeness (QED) is 0.623. The minimum Gasteiger partial charge on any atom is -0.495 e. The first-order chi connectivity index (χ1) is 14.0. The Labute approximate surface area is 169 Å². The van der Waals surface area contributed by atoms with Gasteiger partial charge in [0.2, 0.25) is 5.91 Å². The molecule has 29 heavy (non-hydrogen) atoms. The molecule has 0 spiro atoms. The number of amides is 2. The van der Waals surface area contributed by atoms with Crippen molar-refractivity contribution in [1.29, 1.82) is 0 Å². The molecule has 6 heteroatoms. The Hall–Kier alpha value is -3.80. The van der Waals surface area contributed by atoms with Gasteiger partial charge in [-0.1, -0.05) is 30.3 Å². The molecule has 0 saturated heterocycles. The van der Waals surface area contributed by atoms with Crippen LogP contribution in [0.1, 0.15) is 22.8 Å². The topological polar surface area (TPSA) is 76.7 Å². The molecule has 148 valence electrons. The van der Waals surface area contributed by atoms with Crippen LogP contribution in [0.4, 0.5) is 11.4 Å². The van der Waals surface area contributed by atoms with Crippen LogP contribution in [0.5, 0.6) is 11.5 Å². The third kappa shape index (κ3) is 5.59. The van der Waals surface area contributed by atoms with Gasteiger partial charge in [-0.15, -0.1) is 0 Å². The molecule has 0 aliphatic heterocycles. The molecular formula is C23H22N2O4. The Bertz CT molecular complexity index is 986. The van der Waals surface area contributed by atoms with E-state index < -0.39 is 0 Å². The molecule has 3 rings (SSSR count).